The maximum absolute atomic E-state index is 13.4. The van der Waals surface area contributed by atoms with Gasteiger partial charge in [0.05, 0.1) is 19.3 Å². The minimum atomic E-state index is -0.184. The van der Waals surface area contributed by atoms with Crippen LogP contribution in [-0.2, 0) is 4.74 Å². The van der Waals surface area contributed by atoms with Crippen molar-refractivity contribution in [2.45, 2.75) is 6.04 Å². The van der Waals surface area contributed by atoms with Gasteiger partial charge in [-0.3, -0.25) is 0 Å². The Morgan fingerprint density at radius 3 is 3.07 bits per heavy atom. The van der Waals surface area contributed by atoms with Crippen LogP contribution in [0.3, 0.4) is 0 Å². The summed E-state index contributed by atoms with van der Waals surface area (Å²) in [6.45, 7) is 2.01. The van der Waals surface area contributed by atoms with E-state index in [0.717, 1.165) is 11.0 Å². The maximum Gasteiger partial charge on any atom is 0.128 e. The first-order chi connectivity index (χ1) is 6.77. The standard InChI is InChI=1S/C10H11BrFNO/c11-7-1-2-9(12)8(5-7)10-6-14-4-3-13-10/h1-2,5,10,13H,3-4,6H2/t10-/m0/s1. The van der Waals surface area contributed by atoms with Crippen LogP contribution in [0.5, 0.6) is 0 Å². The van der Waals surface area contributed by atoms with Crippen LogP contribution in [0.2, 0.25) is 0 Å². The van der Waals surface area contributed by atoms with Crippen molar-refractivity contribution in [1.82, 2.24) is 5.32 Å². The Kier molecular flexibility index (Phi) is 3.15. The van der Waals surface area contributed by atoms with Crippen LogP contribution >= 0.6 is 15.9 Å². The molecule has 0 aliphatic carbocycles. The second kappa shape index (κ2) is 4.38. The minimum Gasteiger partial charge on any atom is -0.378 e. The molecule has 76 valence electrons. The predicted octanol–water partition coefficient (Wildman–Crippen LogP) is 2.25. The zero-order valence-electron chi connectivity index (χ0n) is 7.59. The molecule has 4 heteroatoms. The number of halogens is 2. The van der Waals surface area contributed by atoms with Crippen molar-refractivity contribution in [2.75, 3.05) is 19.8 Å². The lowest BCUT2D eigenvalue weighted by atomic mass is 10.1. The van der Waals surface area contributed by atoms with E-state index < -0.39 is 0 Å². The fraction of sp³-hybridized carbons (Fsp3) is 0.400. The van der Waals surface area contributed by atoms with E-state index in [-0.39, 0.29) is 11.9 Å². The number of ether oxygens (including phenoxy) is 1. The molecule has 1 heterocycles. The Labute approximate surface area is 90.6 Å². The maximum atomic E-state index is 13.4. The third-order valence-electron chi connectivity index (χ3n) is 2.26. The van der Waals surface area contributed by atoms with Gasteiger partial charge in [0.2, 0.25) is 0 Å². The second-order valence-electron chi connectivity index (χ2n) is 3.25. The quantitative estimate of drug-likeness (QED) is 0.836. The summed E-state index contributed by atoms with van der Waals surface area (Å²) in [5.41, 5.74) is 0.666. The van der Waals surface area contributed by atoms with Crippen molar-refractivity contribution in [3.63, 3.8) is 0 Å². The molecule has 0 aromatic heterocycles. The van der Waals surface area contributed by atoms with Gasteiger partial charge in [-0.1, -0.05) is 15.9 Å². The molecule has 0 unspecified atom stereocenters. The van der Waals surface area contributed by atoms with Crippen LogP contribution in [0.15, 0.2) is 22.7 Å². The third-order valence-corrected chi connectivity index (χ3v) is 2.75. The molecule has 1 fully saturated rings. The van der Waals surface area contributed by atoms with Gasteiger partial charge in [0.25, 0.3) is 0 Å². The highest BCUT2D eigenvalue weighted by molar-refractivity contribution is 9.10. The zero-order valence-corrected chi connectivity index (χ0v) is 9.18. The average Bonchev–Trinajstić information content (AvgIpc) is 2.23. The first-order valence-corrected chi connectivity index (χ1v) is 5.33. The van der Waals surface area contributed by atoms with Crippen LogP contribution in [-0.4, -0.2) is 19.8 Å². The van der Waals surface area contributed by atoms with Gasteiger partial charge in [-0.25, -0.2) is 4.39 Å². The van der Waals surface area contributed by atoms with Gasteiger partial charge in [-0.2, -0.15) is 0 Å². The molecular weight excluding hydrogens is 249 g/mol. The SMILES string of the molecule is Fc1ccc(Br)cc1[C@@H]1COCCN1. The van der Waals surface area contributed by atoms with Crippen molar-refractivity contribution in [1.29, 1.82) is 0 Å². The van der Waals surface area contributed by atoms with Crippen LogP contribution in [0.25, 0.3) is 0 Å². The van der Waals surface area contributed by atoms with E-state index in [2.05, 4.69) is 21.2 Å². The van der Waals surface area contributed by atoms with E-state index in [1.807, 2.05) is 0 Å². The van der Waals surface area contributed by atoms with Crippen molar-refractivity contribution in [2.24, 2.45) is 0 Å². The zero-order chi connectivity index (χ0) is 9.97. The summed E-state index contributed by atoms with van der Waals surface area (Å²) < 4.78 is 19.6. The van der Waals surface area contributed by atoms with Crippen molar-refractivity contribution in [3.05, 3.63) is 34.1 Å². The largest absolute Gasteiger partial charge is 0.378 e. The fourth-order valence-corrected chi connectivity index (χ4v) is 1.93. The topological polar surface area (TPSA) is 21.3 Å². The van der Waals surface area contributed by atoms with E-state index >= 15 is 0 Å². The molecule has 1 saturated heterocycles. The Bertz CT molecular complexity index is 326. The highest BCUT2D eigenvalue weighted by Gasteiger charge is 2.18. The smallest absolute Gasteiger partial charge is 0.128 e. The van der Waals surface area contributed by atoms with Gasteiger partial charge in [0.1, 0.15) is 5.82 Å². The molecule has 1 aromatic rings. The van der Waals surface area contributed by atoms with Gasteiger partial charge in [0.15, 0.2) is 0 Å². The summed E-state index contributed by atoms with van der Waals surface area (Å²) in [5, 5.41) is 3.22. The highest BCUT2D eigenvalue weighted by atomic mass is 79.9. The van der Waals surface area contributed by atoms with Crippen LogP contribution in [0.1, 0.15) is 11.6 Å². The molecule has 0 radical (unpaired) electrons. The van der Waals surface area contributed by atoms with Crippen molar-refractivity contribution < 1.29 is 9.13 Å². The summed E-state index contributed by atoms with van der Waals surface area (Å²) in [4.78, 5) is 0. The molecule has 2 nitrogen and oxygen atoms in total. The molecule has 0 amide bonds. The summed E-state index contributed by atoms with van der Waals surface area (Å²) in [7, 11) is 0. The van der Waals surface area contributed by atoms with Crippen LogP contribution in [0.4, 0.5) is 4.39 Å². The van der Waals surface area contributed by atoms with E-state index in [1.54, 1.807) is 12.1 Å². The van der Waals surface area contributed by atoms with E-state index in [4.69, 9.17) is 4.74 Å². The summed E-state index contributed by atoms with van der Waals surface area (Å²) in [6, 6.07) is 4.93. The number of morpholine rings is 1. The molecule has 1 aliphatic heterocycles. The lowest BCUT2D eigenvalue weighted by Crippen LogP contribution is -2.35. The molecule has 0 spiro atoms. The Hall–Kier alpha value is -0.450. The normalized spacial score (nSPS) is 22.3. The molecule has 1 aliphatic rings. The molecule has 14 heavy (non-hydrogen) atoms. The van der Waals surface area contributed by atoms with Gasteiger partial charge >= 0.3 is 0 Å². The number of rotatable bonds is 1. The van der Waals surface area contributed by atoms with E-state index in [9.17, 15) is 4.39 Å². The van der Waals surface area contributed by atoms with Crippen molar-refractivity contribution >= 4 is 15.9 Å². The molecule has 1 N–H and O–H groups in total. The van der Waals surface area contributed by atoms with Gasteiger partial charge in [-0.05, 0) is 18.2 Å². The van der Waals surface area contributed by atoms with E-state index in [1.165, 1.54) is 6.07 Å². The van der Waals surface area contributed by atoms with Crippen molar-refractivity contribution in [3.8, 4) is 0 Å². The monoisotopic (exact) mass is 259 g/mol. The Morgan fingerprint density at radius 2 is 2.36 bits per heavy atom. The van der Waals surface area contributed by atoms with E-state index in [0.29, 0.717) is 18.8 Å². The molecule has 0 saturated carbocycles. The number of hydrogen-bond donors (Lipinski definition) is 1. The lowest BCUT2D eigenvalue weighted by molar-refractivity contribution is 0.0757. The van der Waals surface area contributed by atoms with Crippen LogP contribution < -0.4 is 5.32 Å². The number of nitrogens with one attached hydrogen (secondary N) is 1. The third kappa shape index (κ3) is 2.13. The lowest BCUT2D eigenvalue weighted by Gasteiger charge is -2.24. The van der Waals surface area contributed by atoms with Gasteiger partial charge < -0.3 is 10.1 Å². The summed E-state index contributed by atoms with van der Waals surface area (Å²) >= 11 is 3.33. The molecule has 2 rings (SSSR count). The Balaban J connectivity index is 2.24. The fourth-order valence-electron chi connectivity index (χ4n) is 1.55. The van der Waals surface area contributed by atoms with Gasteiger partial charge in [-0.15, -0.1) is 0 Å². The Morgan fingerprint density at radius 1 is 1.50 bits per heavy atom. The first-order valence-electron chi connectivity index (χ1n) is 4.53. The predicted molar refractivity (Wildman–Crippen MR) is 55.7 cm³/mol. The number of benzene rings is 1. The number of hydrogen-bond acceptors (Lipinski definition) is 2. The highest BCUT2D eigenvalue weighted by Crippen LogP contribution is 2.23. The average molecular weight is 260 g/mol. The second-order valence-corrected chi connectivity index (χ2v) is 4.16. The summed E-state index contributed by atoms with van der Waals surface area (Å²) in [6.07, 6.45) is 0. The first kappa shape index (κ1) is 10.1. The molecule has 1 atom stereocenters. The summed E-state index contributed by atoms with van der Waals surface area (Å²) in [5.74, 6) is -0.184. The molecule has 0 bridgehead atoms. The molecule has 1 aromatic carbocycles. The van der Waals surface area contributed by atoms with Gasteiger partial charge in [0, 0.05) is 16.6 Å². The minimum absolute atomic E-state index is 0.0266. The van der Waals surface area contributed by atoms with Crippen LogP contribution in [0, 0.1) is 5.82 Å². The molecular formula is C10H11BrFNO.